The largest absolute Gasteiger partial charge is 0.434 e. The monoisotopic (exact) mass is 342 g/mol. The molecule has 0 saturated heterocycles. The van der Waals surface area contributed by atoms with Gasteiger partial charge in [0.2, 0.25) is 5.88 Å². The second kappa shape index (κ2) is 5.67. The lowest BCUT2D eigenvalue weighted by atomic mass is 10.1. The van der Waals surface area contributed by atoms with Crippen LogP contribution in [0.2, 0.25) is 5.02 Å². The predicted octanol–water partition coefficient (Wildman–Crippen LogP) is 4.96. The Labute approximate surface area is 124 Å². The van der Waals surface area contributed by atoms with Gasteiger partial charge < -0.3 is 9.73 Å². The average Bonchev–Trinajstić information content (AvgIpc) is 2.69. The first-order valence-corrected chi connectivity index (χ1v) is 6.73. The third-order valence-electron chi connectivity index (χ3n) is 2.48. The molecular weight excluding hydrogens is 332 g/mol. The molecule has 0 radical (unpaired) electrons. The summed E-state index contributed by atoms with van der Waals surface area (Å²) in [4.78, 5) is 11.8. The zero-order valence-corrected chi connectivity index (χ0v) is 12.7. The van der Waals surface area contributed by atoms with Crippen molar-refractivity contribution in [2.75, 3.05) is 10.6 Å². The molecule has 19 heavy (non-hydrogen) atoms. The molecule has 0 spiro atoms. The lowest BCUT2D eigenvalue weighted by Crippen LogP contribution is -2.19. The van der Waals surface area contributed by atoms with Gasteiger partial charge in [-0.15, -0.1) is 0 Å². The molecule has 4 nitrogen and oxygen atoms in total. The third-order valence-corrected chi connectivity index (χ3v) is 3.20. The van der Waals surface area contributed by atoms with Crippen molar-refractivity contribution in [3.8, 4) is 0 Å². The minimum absolute atomic E-state index is 0.352. The Morgan fingerprint density at radius 1 is 1.26 bits per heavy atom. The van der Waals surface area contributed by atoms with E-state index in [1.807, 2.05) is 19.9 Å². The van der Waals surface area contributed by atoms with Crippen LogP contribution in [0.3, 0.4) is 0 Å². The molecule has 0 aliphatic heterocycles. The normalized spacial score (nSPS) is 10.3. The Bertz CT molecular complexity index is 602. The summed E-state index contributed by atoms with van der Waals surface area (Å²) >= 11 is 9.27. The summed E-state index contributed by atoms with van der Waals surface area (Å²) in [5.41, 5.74) is 2.54. The van der Waals surface area contributed by atoms with Crippen LogP contribution in [0, 0.1) is 13.8 Å². The number of halogens is 2. The number of hydrogen-bond acceptors (Lipinski definition) is 2. The molecule has 2 rings (SSSR count). The molecule has 2 aromatic rings. The molecule has 1 heterocycles. The lowest BCUT2D eigenvalue weighted by Gasteiger charge is -2.11. The molecule has 0 aliphatic carbocycles. The standard InChI is InChI=1S/C13H12BrClN2O2/c1-7-5-8(2)12(9(15)6-7)17-13(18)16-11-4-3-10(14)19-11/h3-6H,1-2H3,(H2,16,17,18). The molecule has 1 aromatic heterocycles. The van der Waals surface area contributed by atoms with Crippen LogP contribution in [-0.2, 0) is 0 Å². The first-order valence-electron chi connectivity index (χ1n) is 5.56. The molecular formula is C13H12BrClN2O2. The van der Waals surface area contributed by atoms with Gasteiger partial charge in [-0.3, -0.25) is 5.32 Å². The maximum Gasteiger partial charge on any atom is 0.326 e. The van der Waals surface area contributed by atoms with Crippen LogP contribution in [0.25, 0.3) is 0 Å². The van der Waals surface area contributed by atoms with E-state index in [1.165, 1.54) is 0 Å². The summed E-state index contributed by atoms with van der Waals surface area (Å²) in [6.07, 6.45) is 0. The number of amides is 2. The third kappa shape index (κ3) is 3.52. The van der Waals surface area contributed by atoms with E-state index in [4.69, 9.17) is 16.0 Å². The molecule has 0 aliphatic rings. The van der Waals surface area contributed by atoms with E-state index < -0.39 is 6.03 Å². The molecule has 2 N–H and O–H groups in total. The average molecular weight is 344 g/mol. The second-order valence-electron chi connectivity index (χ2n) is 4.12. The number of aryl methyl sites for hydroxylation is 2. The van der Waals surface area contributed by atoms with E-state index >= 15 is 0 Å². The van der Waals surface area contributed by atoms with Gasteiger partial charge in [0.1, 0.15) is 0 Å². The second-order valence-corrected chi connectivity index (χ2v) is 5.31. The van der Waals surface area contributed by atoms with Gasteiger partial charge in [-0.2, -0.15) is 0 Å². The van der Waals surface area contributed by atoms with Crippen LogP contribution < -0.4 is 10.6 Å². The molecule has 100 valence electrons. The highest BCUT2D eigenvalue weighted by atomic mass is 79.9. The summed E-state index contributed by atoms with van der Waals surface area (Å²) in [6.45, 7) is 3.83. The Kier molecular flexibility index (Phi) is 4.17. The van der Waals surface area contributed by atoms with E-state index in [1.54, 1.807) is 18.2 Å². The van der Waals surface area contributed by atoms with Crippen molar-refractivity contribution in [1.29, 1.82) is 0 Å². The molecule has 0 atom stereocenters. The molecule has 6 heteroatoms. The number of furan rings is 1. The zero-order chi connectivity index (χ0) is 14.0. The number of nitrogens with one attached hydrogen (secondary N) is 2. The van der Waals surface area contributed by atoms with Crippen molar-refractivity contribution < 1.29 is 9.21 Å². The van der Waals surface area contributed by atoms with Crippen LogP contribution in [0.15, 0.2) is 33.4 Å². The van der Waals surface area contributed by atoms with Gasteiger partial charge in [0.15, 0.2) is 4.67 Å². The number of anilines is 2. The van der Waals surface area contributed by atoms with Gasteiger partial charge in [-0.05, 0) is 53.0 Å². The lowest BCUT2D eigenvalue weighted by molar-refractivity contribution is 0.261. The highest BCUT2D eigenvalue weighted by molar-refractivity contribution is 9.10. The quantitative estimate of drug-likeness (QED) is 0.810. The molecule has 1 aromatic carbocycles. The number of carbonyl (C=O) groups excluding carboxylic acids is 1. The van der Waals surface area contributed by atoms with Crippen molar-refractivity contribution >= 4 is 45.1 Å². The van der Waals surface area contributed by atoms with E-state index in [0.29, 0.717) is 21.3 Å². The van der Waals surface area contributed by atoms with Crippen molar-refractivity contribution in [3.63, 3.8) is 0 Å². The van der Waals surface area contributed by atoms with Crippen LogP contribution in [0.5, 0.6) is 0 Å². The van der Waals surface area contributed by atoms with Gasteiger partial charge in [0, 0.05) is 6.07 Å². The topological polar surface area (TPSA) is 54.3 Å². The predicted molar refractivity (Wildman–Crippen MR) is 80.0 cm³/mol. The Hall–Kier alpha value is -1.46. The summed E-state index contributed by atoms with van der Waals surface area (Å²) < 4.78 is 5.73. The molecule has 0 fully saturated rings. The number of carbonyl (C=O) groups is 1. The summed E-state index contributed by atoms with van der Waals surface area (Å²) in [6, 6.07) is 6.68. The van der Waals surface area contributed by atoms with Crippen LogP contribution in [0.1, 0.15) is 11.1 Å². The van der Waals surface area contributed by atoms with Gasteiger partial charge in [-0.1, -0.05) is 17.7 Å². The minimum atomic E-state index is -0.407. The fourth-order valence-corrected chi connectivity index (χ4v) is 2.39. The van der Waals surface area contributed by atoms with E-state index in [2.05, 4.69) is 26.6 Å². The SMILES string of the molecule is Cc1cc(C)c(NC(=O)Nc2ccc(Br)o2)c(Cl)c1. The maximum absolute atomic E-state index is 11.8. The summed E-state index contributed by atoms with van der Waals surface area (Å²) in [7, 11) is 0. The van der Waals surface area contributed by atoms with Gasteiger partial charge >= 0.3 is 6.03 Å². The number of hydrogen-bond donors (Lipinski definition) is 2. The Morgan fingerprint density at radius 3 is 2.58 bits per heavy atom. The van der Waals surface area contributed by atoms with Gasteiger partial charge in [0.25, 0.3) is 0 Å². The molecule has 0 bridgehead atoms. The summed E-state index contributed by atoms with van der Waals surface area (Å²) in [5, 5.41) is 5.79. The summed E-state index contributed by atoms with van der Waals surface area (Å²) in [5.74, 6) is 0.352. The van der Waals surface area contributed by atoms with Crippen LogP contribution >= 0.6 is 27.5 Å². The maximum atomic E-state index is 11.8. The minimum Gasteiger partial charge on any atom is -0.434 e. The van der Waals surface area contributed by atoms with Crippen LogP contribution in [0.4, 0.5) is 16.4 Å². The van der Waals surface area contributed by atoms with E-state index in [0.717, 1.165) is 11.1 Å². The number of urea groups is 1. The highest BCUT2D eigenvalue weighted by Gasteiger charge is 2.10. The highest BCUT2D eigenvalue weighted by Crippen LogP contribution is 2.27. The van der Waals surface area contributed by atoms with Gasteiger partial charge in [-0.25, -0.2) is 4.79 Å². The molecule has 0 unspecified atom stereocenters. The molecule has 0 saturated carbocycles. The Balaban J connectivity index is 2.11. The van der Waals surface area contributed by atoms with Crippen molar-refractivity contribution in [1.82, 2.24) is 0 Å². The first-order chi connectivity index (χ1) is 8.95. The number of benzene rings is 1. The van der Waals surface area contributed by atoms with Gasteiger partial charge in [0.05, 0.1) is 10.7 Å². The molecule has 2 amide bonds. The smallest absolute Gasteiger partial charge is 0.326 e. The van der Waals surface area contributed by atoms with Crippen LogP contribution in [-0.4, -0.2) is 6.03 Å². The van der Waals surface area contributed by atoms with E-state index in [-0.39, 0.29) is 0 Å². The van der Waals surface area contributed by atoms with Crippen molar-refractivity contribution in [2.24, 2.45) is 0 Å². The van der Waals surface area contributed by atoms with Crippen molar-refractivity contribution in [2.45, 2.75) is 13.8 Å². The zero-order valence-electron chi connectivity index (χ0n) is 10.4. The number of rotatable bonds is 2. The van der Waals surface area contributed by atoms with E-state index in [9.17, 15) is 4.79 Å². The Morgan fingerprint density at radius 2 is 2.00 bits per heavy atom. The van der Waals surface area contributed by atoms with Crippen molar-refractivity contribution in [3.05, 3.63) is 45.1 Å². The fourth-order valence-electron chi connectivity index (χ4n) is 1.71. The fraction of sp³-hybridized carbons (Fsp3) is 0.154. The first kappa shape index (κ1) is 14.0.